The summed E-state index contributed by atoms with van der Waals surface area (Å²) in [6.45, 7) is 4.37. The first kappa shape index (κ1) is 17.7. The summed E-state index contributed by atoms with van der Waals surface area (Å²) in [5.74, 6) is 2.15. The number of aliphatic imine (C=N–C) groups is 1. The molecular weight excluding hydrogens is 421 g/mol. The molecule has 0 unspecified atom stereocenters. The van der Waals surface area contributed by atoms with Crippen molar-refractivity contribution in [1.82, 2.24) is 0 Å². The molecule has 2 nitrogen and oxygen atoms in total. The van der Waals surface area contributed by atoms with Gasteiger partial charge in [0.15, 0.2) is 0 Å². The molecular formula is C22H20INO. The maximum absolute atomic E-state index is 6.07. The fourth-order valence-corrected chi connectivity index (χ4v) is 2.95. The van der Waals surface area contributed by atoms with E-state index in [0.717, 1.165) is 26.3 Å². The Balaban J connectivity index is 1.82. The molecule has 126 valence electrons. The standard InChI is InChI=1S/C22H20INO/c1-16(2)17-11-13-19(14-12-17)25-22-10-6-3-7-18(22)15-24-21-9-5-4-8-20(21)23/h3-16H,1-2H3. The van der Waals surface area contributed by atoms with E-state index in [1.165, 1.54) is 5.56 Å². The van der Waals surface area contributed by atoms with Crippen LogP contribution in [0.5, 0.6) is 11.5 Å². The van der Waals surface area contributed by atoms with Gasteiger partial charge in [0.25, 0.3) is 0 Å². The average Bonchev–Trinajstić information content (AvgIpc) is 2.62. The molecule has 0 N–H and O–H groups in total. The molecule has 0 spiro atoms. The Morgan fingerprint density at radius 2 is 1.56 bits per heavy atom. The second kappa shape index (κ2) is 8.30. The fraction of sp³-hybridized carbons (Fsp3) is 0.136. The molecule has 25 heavy (non-hydrogen) atoms. The third-order valence-electron chi connectivity index (χ3n) is 3.89. The van der Waals surface area contributed by atoms with Crippen molar-refractivity contribution < 1.29 is 4.74 Å². The molecule has 0 radical (unpaired) electrons. The molecule has 3 rings (SSSR count). The molecule has 0 atom stereocenters. The molecule has 0 bridgehead atoms. The van der Waals surface area contributed by atoms with E-state index in [1.807, 2.05) is 66.9 Å². The van der Waals surface area contributed by atoms with Gasteiger partial charge in [0.1, 0.15) is 11.5 Å². The Bertz CT molecular complexity index is 869. The zero-order valence-electron chi connectivity index (χ0n) is 14.3. The van der Waals surface area contributed by atoms with Gasteiger partial charge in [0, 0.05) is 15.3 Å². The summed E-state index contributed by atoms with van der Waals surface area (Å²) >= 11 is 2.29. The quantitative estimate of drug-likeness (QED) is 0.310. The Hall–Kier alpha value is -2.14. The van der Waals surface area contributed by atoms with Crippen LogP contribution < -0.4 is 4.74 Å². The van der Waals surface area contributed by atoms with Gasteiger partial charge in [-0.05, 0) is 70.5 Å². The Morgan fingerprint density at radius 1 is 0.880 bits per heavy atom. The molecule has 3 aromatic carbocycles. The van der Waals surface area contributed by atoms with Crippen LogP contribution >= 0.6 is 22.6 Å². The summed E-state index contributed by atoms with van der Waals surface area (Å²) in [5, 5.41) is 0. The smallest absolute Gasteiger partial charge is 0.136 e. The van der Waals surface area contributed by atoms with E-state index >= 15 is 0 Å². The van der Waals surface area contributed by atoms with Gasteiger partial charge < -0.3 is 4.74 Å². The van der Waals surface area contributed by atoms with Crippen molar-refractivity contribution in [2.75, 3.05) is 0 Å². The van der Waals surface area contributed by atoms with Crippen LogP contribution in [0.4, 0.5) is 5.69 Å². The Morgan fingerprint density at radius 3 is 2.28 bits per heavy atom. The van der Waals surface area contributed by atoms with E-state index in [9.17, 15) is 0 Å². The molecule has 0 heterocycles. The minimum Gasteiger partial charge on any atom is -0.457 e. The second-order valence-corrected chi connectivity index (χ2v) is 7.24. The molecule has 3 aromatic rings. The van der Waals surface area contributed by atoms with E-state index in [2.05, 4.69) is 53.6 Å². The highest BCUT2D eigenvalue weighted by atomic mass is 127. The van der Waals surface area contributed by atoms with Gasteiger partial charge in [-0.15, -0.1) is 0 Å². The molecule has 0 aromatic heterocycles. The SMILES string of the molecule is CC(C)c1ccc(Oc2ccccc2C=Nc2ccccc2I)cc1. The van der Waals surface area contributed by atoms with Crippen LogP contribution in [0.25, 0.3) is 0 Å². The summed E-state index contributed by atoms with van der Waals surface area (Å²) in [4.78, 5) is 4.60. The number of rotatable bonds is 5. The first-order valence-electron chi connectivity index (χ1n) is 8.29. The molecule has 0 fully saturated rings. The average molecular weight is 441 g/mol. The number of hydrogen-bond donors (Lipinski definition) is 0. The van der Waals surface area contributed by atoms with E-state index in [-0.39, 0.29) is 0 Å². The van der Waals surface area contributed by atoms with Crippen LogP contribution in [0.2, 0.25) is 0 Å². The molecule has 0 saturated heterocycles. The number of ether oxygens (including phenoxy) is 1. The van der Waals surface area contributed by atoms with Gasteiger partial charge in [-0.25, -0.2) is 0 Å². The van der Waals surface area contributed by atoms with Crippen LogP contribution in [0.3, 0.4) is 0 Å². The first-order valence-corrected chi connectivity index (χ1v) is 9.37. The molecule has 0 saturated carbocycles. The van der Waals surface area contributed by atoms with Crippen molar-refractivity contribution in [3.8, 4) is 11.5 Å². The van der Waals surface area contributed by atoms with E-state index in [4.69, 9.17) is 4.74 Å². The monoisotopic (exact) mass is 441 g/mol. The lowest BCUT2D eigenvalue weighted by Gasteiger charge is -2.10. The topological polar surface area (TPSA) is 21.6 Å². The number of hydrogen-bond acceptors (Lipinski definition) is 2. The van der Waals surface area contributed by atoms with Crippen LogP contribution in [0, 0.1) is 3.57 Å². The summed E-state index contributed by atoms with van der Waals surface area (Å²) in [6, 6.07) is 24.3. The maximum Gasteiger partial charge on any atom is 0.136 e. The molecule has 0 aliphatic heterocycles. The minimum absolute atomic E-state index is 0.516. The van der Waals surface area contributed by atoms with Crippen LogP contribution in [-0.2, 0) is 0 Å². The van der Waals surface area contributed by atoms with Gasteiger partial charge in [0.05, 0.1) is 5.69 Å². The number of halogens is 1. The van der Waals surface area contributed by atoms with Crippen molar-refractivity contribution in [3.63, 3.8) is 0 Å². The van der Waals surface area contributed by atoms with Crippen molar-refractivity contribution in [2.24, 2.45) is 4.99 Å². The highest BCUT2D eigenvalue weighted by Gasteiger charge is 2.04. The number of para-hydroxylation sites is 2. The normalized spacial score (nSPS) is 11.2. The molecule has 0 aliphatic carbocycles. The maximum atomic E-state index is 6.07. The van der Waals surface area contributed by atoms with Crippen LogP contribution in [0.15, 0.2) is 77.8 Å². The van der Waals surface area contributed by atoms with Crippen LogP contribution in [0.1, 0.15) is 30.9 Å². The molecule has 0 aliphatic rings. The Labute approximate surface area is 162 Å². The summed E-state index contributed by atoms with van der Waals surface area (Å²) in [6.07, 6.45) is 1.86. The zero-order chi connectivity index (χ0) is 17.6. The van der Waals surface area contributed by atoms with Crippen molar-refractivity contribution in [2.45, 2.75) is 19.8 Å². The lowest BCUT2D eigenvalue weighted by Crippen LogP contribution is -1.92. The summed E-state index contributed by atoms with van der Waals surface area (Å²) in [5.41, 5.74) is 3.22. The molecule has 0 amide bonds. The predicted molar refractivity (Wildman–Crippen MR) is 113 cm³/mol. The van der Waals surface area contributed by atoms with Gasteiger partial charge >= 0.3 is 0 Å². The Kier molecular flexibility index (Phi) is 5.87. The largest absolute Gasteiger partial charge is 0.457 e. The van der Waals surface area contributed by atoms with Crippen molar-refractivity contribution in [3.05, 3.63) is 87.5 Å². The fourth-order valence-electron chi connectivity index (χ4n) is 2.42. The van der Waals surface area contributed by atoms with Crippen LogP contribution in [-0.4, -0.2) is 6.21 Å². The van der Waals surface area contributed by atoms with E-state index in [0.29, 0.717) is 5.92 Å². The van der Waals surface area contributed by atoms with Gasteiger partial charge in [-0.1, -0.05) is 50.2 Å². The third-order valence-corrected chi connectivity index (χ3v) is 4.80. The van der Waals surface area contributed by atoms with E-state index in [1.54, 1.807) is 0 Å². The lowest BCUT2D eigenvalue weighted by molar-refractivity contribution is 0.481. The van der Waals surface area contributed by atoms with Gasteiger partial charge in [0.2, 0.25) is 0 Å². The van der Waals surface area contributed by atoms with Gasteiger partial charge in [-0.3, -0.25) is 4.99 Å². The van der Waals surface area contributed by atoms with Gasteiger partial charge in [-0.2, -0.15) is 0 Å². The zero-order valence-corrected chi connectivity index (χ0v) is 16.5. The number of benzene rings is 3. The first-order chi connectivity index (χ1) is 12.1. The third kappa shape index (κ3) is 4.69. The van der Waals surface area contributed by atoms with E-state index < -0.39 is 0 Å². The predicted octanol–water partition coefficient (Wildman–Crippen LogP) is 6.96. The minimum atomic E-state index is 0.516. The number of nitrogens with zero attached hydrogens (tertiary/aromatic N) is 1. The van der Waals surface area contributed by atoms with Crippen molar-refractivity contribution >= 4 is 34.5 Å². The second-order valence-electron chi connectivity index (χ2n) is 6.07. The summed E-state index contributed by atoms with van der Waals surface area (Å²) < 4.78 is 7.19. The van der Waals surface area contributed by atoms with Crippen molar-refractivity contribution in [1.29, 1.82) is 0 Å². The highest BCUT2D eigenvalue weighted by Crippen LogP contribution is 2.27. The molecule has 3 heteroatoms. The highest BCUT2D eigenvalue weighted by molar-refractivity contribution is 14.1. The lowest BCUT2D eigenvalue weighted by atomic mass is 10.0. The summed E-state index contributed by atoms with van der Waals surface area (Å²) in [7, 11) is 0.